The van der Waals surface area contributed by atoms with Crippen LogP contribution in [0.4, 0.5) is 0 Å². The second-order valence-electron chi connectivity index (χ2n) is 8.40. The van der Waals surface area contributed by atoms with E-state index in [1.165, 1.54) is 11.3 Å². The Bertz CT molecular complexity index is 1750. The number of furan rings is 1. The zero-order valence-corrected chi connectivity index (χ0v) is 23.8. The van der Waals surface area contributed by atoms with Crippen LogP contribution in [0.5, 0.6) is 0 Å². The molecule has 0 saturated carbocycles. The molecule has 194 valence electrons. The number of nitrogens with zero attached hydrogens (tertiary/aromatic N) is 2. The van der Waals surface area contributed by atoms with Crippen LogP contribution in [0.2, 0.25) is 10.0 Å². The number of thiazole rings is 1. The van der Waals surface area contributed by atoms with E-state index in [2.05, 4.69) is 4.99 Å². The largest absolute Gasteiger partial charge is 0.463 e. The number of rotatable bonds is 6. The van der Waals surface area contributed by atoms with Gasteiger partial charge < -0.3 is 9.15 Å². The maximum absolute atomic E-state index is 13.8. The molecule has 1 atom stereocenters. The summed E-state index contributed by atoms with van der Waals surface area (Å²) in [5.41, 5.74) is 2.04. The molecule has 5 rings (SSSR count). The highest BCUT2D eigenvalue weighted by Gasteiger charge is 2.33. The van der Waals surface area contributed by atoms with Crippen molar-refractivity contribution >= 4 is 58.3 Å². The monoisotopic (exact) mass is 584 g/mol. The van der Waals surface area contributed by atoms with Crippen molar-refractivity contribution in [1.29, 1.82) is 0 Å². The van der Waals surface area contributed by atoms with Gasteiger partial charge in [0.1, 0.15) is 11.5 Å². The molecular weight excluding hydrogens is 563 g/mol. The molecule has 0 radical (unpaired) electrons. The first-order valence-corrected chi connectivity index (χ1v) is 14.5. The topological polar surface area (TPSA) is 73.8 Å². The molecule has 0 aliphatic carbocycles. The molecule has 0 amide bonds. The minimum atomic E-state index is -0.666. The van der Waals surface area contributed by atoms with Crippen molar-refractivity contribution < 1.29 is 13.9 Å². The molecule has 4 aromatic rings. The zero-order chi connectivity index (χ0) is 27.0. The Hall–Kier alpha value is -3.04. The van der Waals surface area contributed by atoms with Gasteiger partial charge in [0.15, 0.2) is 4.80 Å². The number of carbonyl (C=O) groups is 1. The standard InChI is InChI=1S/C28H22Cl2N2O4S2/c1-4-35-27(34)24-15(2)31-28-32(25(24)16-5-9-19(37-3)10-6-16)26(33)23(38-28)14-18-8-12-22(36-18)20-13-17(29)7-11-21(20)30/h5-14,25H,4H2,1-3H3. The van der Waals surface area contributed by atoms with Crippen molar-refractivity contribution in [3.8, 4) is 11.3 Å². The van der Waals surface area contributed by atoms with E-state index in [4.69, 9.17) is 32.4 Å². The van der Waals surface area contributed by atoms with Crippen molar-refractivity contribution in [2.75, 3.05) is 12.9 Å². The Kier molecular flexibility index (Phi) is 7.68. The summed E-state index contributed by atoms with van der Waals surface area (Å²) in [6.45, 7) is 3.73. The minimum Gasteiger partial charge on any atom is -0.463 e. The number of hydrogen-bond acceptors (Lipinski definition) is 7. The average Bonchev–Trinajstić information content (AvgIpc) is 3.49. The molecule has 1 unspecified atom stereocenters. The average molecular weight is 586 g/mol. The number of halogens is 2. The highest BCUT2D eigenvalue weighted by Crippen LogP contribution is 2.33. The fourth-order valence-electron chi connectivity index (χ4n) is 4.28. The molecule has 0 fully saturated rings. The Morgan fingerprint density at radius 3 is 2.66 bits per heavy atom. The van der Waals surface area contributed by atoms with E-state index in [1.54, 1.807) is 66.6 Å². The summed E-state index contributed by atoms with van der Waals surface area (Å²) in [6, 6.07) is 15.8. The number of ether oxygens (including phenoxy) is 1. The molecule has 0 saturated heterocycles. The second kappa shape index (κ2) is 11.0. The fourth-order valence-corrected chi connectivity index (χ4v) is 6.10. The molecule has 2 aromatic carbocycles. The summed E-state index contributed by atoms with van der Waals surface area (Å²) in [4.78, 5) is 33.0. The summed E-state index contributed by atoms with van der Waals surface area (Å²) >= 11 is 15.3. The van der Waals surface area contributed by atoms with E-state index < -0.39 is 12.0 Å². The van der Waals surface area contributed by atoms with Gasteiger partial charge in [-0.25, -0.2) is 9.79 Å². The lowest BCUT2D eigenvalue weighted by atomic mass is 9.96. The normalized spacial score (nSPS) is 15.4. The molecular formula is C28H22Cl2N2O4S2. The van der Waals surface area contributed by atoms with Crippen LogP contribution in [-0.4, -0.2) is 23.4 Å². The molecule has 1 aliphatic heterocycles. The third-order valence-electron chi connectivity index (χ3n) is 6.04. The van der Waals surface area contributed by atoms with Crippen LogP contribution in [-0.2, 0) is 9.53 Å². The van der Waals surface area contributed by atoms with Gasteiger partial charge in [-0.3, -0.25) is 9.36 Å². The maximum atomic E-state index is 13.8. The maximum Gasteiger partial charge on any atom is 0.338 e. The molecule has 3 heterocycles. The third-order valence-corrected chi connectivity index (χ3v) is 8.33. The van der Waals surface area contributed by atoms with Crippen LogP contribution in [0.25, 0.3) is 17.4 Å². The number of esters is 1. The van der Waals surface area contributed by atoms with Crippen molar-refractivity contribution in [1.82, 2.24) is 4.57 Å². The Labute approximate surface area is 236 Å². The zero-order valence-electron chi connectivity index (χ0n) is 20.7. The summed E-state index contributed by atoms with van der Waals surface area (Å²) in [5.74, 6) is 0.517. The number of fused-ring (bicyclic) bond motifs is 1. The first kappa shape index (κ1) is 26.6. The van der Waals surface area contributed by atoms with Crippen LogP contribution in [0, 0.1) is 0 Å². The lowest BCUT2D eigenvalue weighted by Crippen LogP contribution is -2.39. The SMILES string of the molecule is CCOC(=O)C1=C(C)N=c2sc(=Cc3ccc(-c4cc(Cl)ccc4Cl)o3)c(=O)n2C1c1ccc(SC)cc1. The predicted octanol–water partition coefficient (Wildman–Crippen LogP) is 6.09. The number of benzene rings is 2. The Morgan fingerprint density at radius 1 is 1.18 bits per heavy atom. The predicted molar refractivity (Wildman–Crippen MR) is 153 cm³/mol. The van der Waals surface area contributed by atoms with Gasteiger partial charge in [0, 0.05) is 21.6 Å². The smallest absolute Gasteiger partial charge is 0.338 e. The molecule has 6 nitrogen and oxygen atoms in total. The van der Waals surface area contributed by atoms with Crippen LogP contribution in [0.15, 0.2) is 85.0 Å². The quantitative estimate of drug-likeness (QED) is 0.202. The van der Waals surface area contributed by atoms with Crippen LogP contribution < -0.4 is 14.9 Å². The van der Waals surface area contributed by atoms with Crippen LogP contribution in [0.1, 0.15) is 31.2 Å². The first-order valence-electron chi connectivity index (χ1n) is 11.7. The van der Waals surface area contributed by atoms with Crippen molar-refractivity contribution in [3.63, 3.8) is 0 Å². The molecule has 38 heavy (non-hydrogen) atoms. The highest BCUT2D eigenvalue weighted by molar-refractivity contribution is 7.98. The molecule has 0 N–H and O–H groups in total. The second-order valence-corrected chi connectivity index (χ2v) is 11.1. The van der Waals surface area contributed by atoms with Gasteiger partial charge in [-0.05, 0) is 68.1 Å². The van der Waals surface area contributed by atoms with Gasteiger partial charge in [-0.15, -0.1) is 11.8 Å². The number of hydrogen-bond donors (Lipinski definition) is 0. The summed E-state index contributed by atoms with van der Waals surface area (Å²) in [5, 5.41) is 1.04. The highest BCUT2D eigenvalue weighted by atomic mass is 35.5. The summed E-state index contributed by atoms with van der Waals surface area (Å²) in [7, 11) is 0. The summed E-state index contributed by atoms with van der Waals surface area (Å²) < 4.78 is 13.3. The molecule has 0 bridgehead atoms. The van der Waals surface area contributed by atoms with E-state index in [1.807, 2.05) is 30.5 Å². The number of thioether (sulfide) groups is 1. The van der Waals surface area contributed by atoms with E-state index in [0.29, 0.717) is 47.7 Å². The number of allylic oxidation sites excluding steroid dienone is 1. The van der Waals surface area contributed by atoms with Gasteiger partial charge >= 0.3 is 5.97 Å². The lowest BCUT2D eigenvalue weighted by molar-refractivity contribution is -0.139. The molecule has 1 aliphatic rings. The van der Waals surface area contributed by atoms with Gasteiger partial charge in [-0.1, -0.05) is 46.7 Å². The van der Waals surface area contributed by atoms with Gasteiger partial charge in [0.25, 0.3) is 5.56 Å². The minimum absolute atomic E-state index is 0.218. The Morgan fingerprint density at radius 2 is 1.95 bits per heavy atom. The van der Waals surface area contributed by atoms with E-state index in [9.17, 15) is 9.59 Å². The van der Waals surface area contributed by atoms with E-state index >= 15 is 0 Å². The van der Waals surface area contributed by atoms with E-state index in [-0.39, 0.29) is 12.2 Å². The molecule has 0 spiro atoms. The van der Waals surface area contributed by atoms with Gasteiger partial charge in [-0.2, -0.15) is 0 Å². The van der Waals surface area contributed by atoms with Crippen LogP contribution >= 0.6 is 46.3 Å². The van der Waals surface area contributed by atoms with Crippen molar-refractivity contribution in [3.05, 3.63) is 107 Å². The third kappa shape index (κ3) is 5.01. The van der Waals surface area contributed by atoms with Gasteiger partial charge in [0.2, 0.25) is 0 Å². The van der Waals surface area contributed by atoms with Crippen LogP contribution in [0.3, 0.4) is 0 Å². The fraction of sp³-hybridized carbons (Fsp3) is 0.179. The Balaban J connectivity index is 1.64. The van der Waals surface area contributed by atoms with E-state index in [0.717, 1.165) is 10.5 Å². The van der Waals surface area contributed by atoms with Crippen molar-refractivity contribution in [2.45, 2.75) is 24.8 Å². The van der Waals surface area contributed by atoms with Crippen molar-refractivity contribution in [2.24, 2.45) is 4.99 Å². The summed E-state index contributed by atoms with van der Waals surface area (Å²) in [6.07, 6.45) is 3.66. The molecule has 10 heteroatoms. The number of carbonyl (C=O) groups excluding carboxylic acids is 1. The molecule has 2 aromatic heterocycles. The number of aromatic nitrogens is 1. The lowest BCUT2D eigenvalue weighted by Gasteiger charge is -2.24. The first-order chi connectivity index (χ1) is 18.3. The van der Waals surface area contributed by atoms with Gasteiger partial charge in [0.05, 0.1) is 33.5 Å².